The number of carboxylic acids is 1. The van der Waals surface area contributed by atoms with Crippen LogP contribution in [0.2, 0.25) is 0 Å². The number of carbonyl (C=O) groups excluding carboxylic acids is 2. The van der Waals surface area contributed by atoms with E-state index >= 15 is 0 Å². The zero-order chi connectivity index (χ0) is 19.1. The second-order valence-corrected chi connectivity index (χ2v) is 6.68. The smallest absolute Gasteiger partial charge is 0.326 e. The summed E-state index contributed by atoms with van der Waals surface area (Å²) in [6.07, 6.45) is 1.82. The van der Waals surface area contributed by atoms with Crippen LogP contribution in [0.25, 0.3) is 0 Å². The first-order valence-corrected chi connectivity index (χ1v) is 8.84. The maximum atomic E-state index is 12.3. The van der Waals surface area contributed by atoms with Crippen molar-refractivity contribution >= 4 is 23.6 Å². The van der Waals surface area contributed by atoms with Gasteiger partial charge in [0.15, 0.2) is 0 Å². The van der Waals surface area contributed by atoms with Gasteiger partial charge in [0, 0.05) is 45.2 Å². The number of amides is 2. The van der Waals surface area contributed by atoms with E-state index in [0.29, 0.717) is 26.2 Å². The standard InChI is InChI=1S/C18H26N4O4/c1-13(2)17(18(25)26)20-15(23)6-7-16(24)22-11-9-21(10-12-22)14-5-3-4-8-19-14/h3-5,8,13,17H,6-7,9-12H2,1-2H3,(H,20,23)(H,25,26)/t17-/m0/s1. The Kier molecular flexibility index (Phi) is 6.94. The highest BCUT2D eigenvalue weighted by Crippen LogP contribution is 2.13. The fourth-order valence-electron chi connectivity index (χ4n) is 2.86. The lowest BCUT2D eigenvalue weighted by Gasteiger charge is -2.35. The summed E-state index contributed by atoms with van der Waals surface area (Å²) in [6, 6.07) is 4.80. The molecule has 0 bridgehead atoms. The molecule has 1 saturated heterocycles. The number of anilines is 1. The lowest BCUT2D eigenvalue weighted by atomic mass is 10.0. The molecular weight excluding hydrogens is 336 g/mol. The van der Waals surface area contributed by atoms with Gasteiger partial charge in [0.05, 0.1) is 0 Å². The molecule has 0 spiro atoms. The van der Waals surface area contributed by atoms with Gasteiger partial charge in [-0.1, -0.05) is 19.9 Å². The number of carbonyl (C=O) groups is 3. The van der Waals surface area contributed by atoms with Gasteiger partial charge in [-0.2, -0.15) is 0 Å². The van der Waals surface area contributed by atoms with Gasteiger partial charge in [-0.3, -0.25) is 9.59 Å². The van der Waals surface area contributed by atoms with Gasteiger partial charge in [0.2, 0.25) is 11.8 Å². The number of nitrogens with zero attached hydrogens (tertiary/aromatic N) is 3. The van der Waals surface area contributed by atoms with Crippen LogP contribution >= 0.6 is 0 Å². The maximum Gasteiger partial charge on any atom is 0.326 e. The third-order valence-electron chi connectivity index (χ3n) is 4.42. The molecule has 0 aliphatic carbocycles. The third-order valence-corrected chi connectivity index (χ3v) is 4.42. The van der Waals surface area contributed by atoms with E-state index < -0.39 is 17.9 Å². The first kappa shape index (κ1) is 19.7. The molecule has 0 aromatic carbocycles. The van der Waals surface area contributed by atoms with Crippen molar-refractivity contribution in [1.29, 1.82) is 0 Å². The Bertz CT molecular complexity index is 627. The fraction of sp³-hybridized carbons (Fsp3) is 0.556. The Labute approximate surface area is 153 Å². The van der Waals surface area contributed by atoms with Crippen LogP contribution in [0.5, 0.6) is 0 Å². The van der Waals surface area contributed by atoms with Gasteiger partial charge in [0.1, 0.15) is 11.9 Å². The molecule has 1 fully saturated rings. The molecule has 2 N–H and O–H groups in total. The van der Waals surface area contributed by atoms with E-state index in [1.54, 1.807) is 24.9 Å². The highest BCUT2D eigenvalue weighted by atomic mass is 16.4. The number of nitrogens with one attached hydrogen (secondary N) is 1. The summed E-state index contributed by atoms with van der Waals surface area (Å²) in [5.41, 5.74) is 0. The quantitative estimate of drug-likeness (QED) is 0.741. The predicted molar refractivity (Wildman–Crippen MR) is 96.7 cm³/mol. The average Bonchev–Trinajstić information content (AvgIpc) is 2.64. The SMILES string of the molecule is CC(C)[C@H](NC(=O)CCC(=O)N1CCN(c2ccccn2)CC1)C(=O)O. The Morgan fingerprint density at radius 1 is 1.15 bits per heavy atom. The summed E-state index contributed by atoms with van der Waals surface area (Å²) in [6.45, 7) is 6.02. The molecule has 2 amide bonds. The molecule has 142 valence electrons. The Morgan fingerprint density at radius 2 is 1.85 bits per heavy atom. The monoisotopic (exact) mass is 362 g/mol. The molecular formula is C18H26N4O4. The van der Waals surface area contributed by atoms with E-state index in [9.17, 15) is 14.4 Å². The van der Waals surface area contributed by atoms with Gasteiger partial charge in [-0.15, -0.1) is 0 Å². The van der Waals surface area contributed by atoms with Crippen LogP contribution in [0.4, 0.5) is 5.82 Å². The normalized spacial score (nSPS) is 15.7. The van der Waals surface area contributed by atoms with E-state index in [4.69, 9.17) is 5.11 Å². The number of hydrogen-bond donors (Lipinski definition) is 2. The van der Waals surface area contributed by atoms with Crippen LogP contribution < -0.4 is 10.2 Å². The van der Waals surface area contributed by atoms with E-state index in [-0.39, 0.29) is 24.7 Å². The lowest BCUT2D eigenvalue weighted by molar-refractivity contribution is -0.143. The van der Waals surface area contributed by atoms with Crippen LogP contribution in [-0.4, -0.2) is 65.0 Å². The van der Waals surface area contributed by atoms with Crippen molar-refractivity contribution in [2.24, 2.45) is 5.92 Å². The third kappa shape index (κ3) is 5.44. The number of hydrogen-bond acceptors (Lipinski definition) is 5. The molecule has 0 unspecified atom stereocenters. The van der Waals surface area contributed by atoms with Crippen molar-refractivity contribution in [3.8, 4) is 0 Å². The molecule has 8 heteroatoms. The van der Waals surface area contributed by atoms with Crippen molar-refractivity contribution in [3.05, 3.63) is 24.4 Å². The summed E-state index contributed by atoms with van der Waals surface area (Å²) in [5.74, 6) is -0.881. The molecule has 2 rings (SSSR count). The van der Waals surface area contributed by atoms with Gasteiger partial charge >= 0.3 is 5.97 Å². The topological polar surface area (TPSA) is 103 Å². The number of piperazine rings is 1. The summed E-state index contributed by atoms with van der Waals surface area (Å²) in [5, 5.41) is 11.6. The van der Waals surface area contributed by atoms with Crippen molar-refractivity contribution in [1.82, 2.24) is 15.2 Å². The van der Waals surface area contributed by atoms with Crippen molar-refractivity contribution in [2.75, 3.05) is 31.1 Å². The highest BCUT2D eigenvalue weighted by molar-refractivity contribution is 5.87. The van der Waals surface area contributed by atoms with E-state index in [0.717, 1.165) is 5.82 Å². The number of aromatic nitrogens is 1. The summed E-state index contributed by atoms with van der Waals surface area (Å²) >= 11 is 0. The molecule has 0 radical (unpaired) electrons. The van der Waals surface area contributed by atoms with Gasteiger partial charge in [-0.25, -0.2) is 9.78 Å². The minimum absolute atomic E-state index is 0.00418. The van der Waals surface area contributed by atoms with Crippen molar-refractivity contribution in [2.45, 2.75) is 32.7 Å². The van der Waals surface area contributed by atoms with Crippen LogP contribution in [0, 0.1) is 5.92 Å². The molecule has 1 atom stereocenters. The Hall–Kier alpha value is -2.64. The zero-order valence-electron chi connectivity index (χ0n) is 15.2. The van der Waals surface area contributed by atoms with Crippen LogP contribution in [0.15, 0.2) is 24.4 Å². The summed E-state index contributed by atoms with van der Waals surface area (Å²) < 4.78 is 0. The van der Waals surface area contributed by atoms with Crippen molar-refractivity contribution in [3.63, 3.8) is 0 Å². The van der Waals surface area contributed by atoms with Crippen LogP contribution in [0.1, 0.15) is 26.7 Å². The first-order valence-electron chi connectivity index (χ1n) is 8.84. The van der Waals surface area contributed by atoms with Crippen molar-refractivity contribution < 1.29 is 19.5 Å². The number of pyridine rings is 1. The van der Waals surface area contributed by atoms with Gasteiger partial charge < -0.3 is 20.2 Å². The molecule has 1 aromatic heterocycles. The Balaban J connectivity index is 1.75. The Morgan fingerprint density at radius 3 is 2.38 bits per heavy atom. The van der Waals surface area contributed by atoms with E-state index in [1.807, 2.05) is 18.2 Å². The molecule has 1 aliphatic heterocycles. The summed E-state index contributed by atoms with van der Waals surface area (Å²) in [4.78, 5) is 43.5. The molecule has 1 aromatic rings. The average molecular weight is 362 g/mol. The van der Waals surface area contributed by atoms with Gasteiger partial charge in [-0.05, 0) is 18.1 Å². The lowest BCUT2D eigenvalue weighted by Crippen LogP contribution is -2.49. The number of aliphatic carboxylic acids is 1. The summed E-state index contributed by atoms with van der Waals surface area (Å²) in [7, 11) is 0. The fourth-order valence-corrected chi connectivity index (χ4v) is 2.86. The number of carboxylic acid groups (broad SMARTS) is 1. The second-order valence-electron chi connectivity index (χ2n) is 6.68. The molecule has 8 nitrogen and oxygen atoms in total. The van der Waals surface area contributed by atoms with Gasteiger partial charge in [0.25, 0.3) is 0 Å². The minimum Gasteiger partial charge on any atom is -0.480 e. The largest absolute Gasteiger partial charge is 0.480 e. The van der Waals surface area contributed by atoms with E-state index in [1.165, 1.54) is 0 Å². The minimum atomic E-state index is -1.06. The van der Waals surface area contributed by atoms with Crippen LogP contribution in [-0.2, 0) is 14.4 Å². The maximum absolute atomic E-state index is 12.3. The molecule has 26 heavy (non-hydrogen) atoms. The highest BCUT2D eigenvalue weighted by Gasteiger charge is 2.25. The second kappa shape index (κ2) is 9.17. The molecule has 1 aliphatic rings. The molecule has 2 heterocycles. The zero-order valence-corrected chi connectivity index (χ0v) is 15.2. The number of rotatable bonds is 7. The molecule has 0 saturated carbocycles. The van der Waals surface area contributed by atoms with E-state index in [2.05, 4.69) is 15.2 Å². The van der Waals surface area contributed by atoms with Crippen LogP contribution in [0.3, 0.4) is 0 Å². The predicted octanol–water partition coefficient (Wildman–Crippen LogP) is 0.736. The first-order chi connectivity index (χ1) is 12.4.